The van der Waals surface area contributed by atoms with Crippen LogP contribution in [0.2, 0.25) is 10.0 Å². The molecule has 28 heavy (non-hydrogen) atoms. The summed E-state index contributed by atoms with van der Waals surface area (Å²) in [6.45, 7) is 0. The number of carbonyl (C=O) groups is 1. The van der Waals surface area contributed by atoms with Crippen LogP contribution in [0.5, 0.6) is 11.5 Å². The highest BCUT2D eigenvalue weighted by Crippen LogP contribution is 2.32. The van der Waals surface area contributed by atoms with Gasteiger partial charge in [-0.05, 0) is 12.1 Å². The fraction of sp³-hybridized carbons (Fsp3) is 0. The number of H-pyrrole nitrogens is 1. The van der Waals surface area contributed by atoms with Crippen LogP contribution in [0.3, 0.4) is 0 Å². The molecule has 0 radical (unpaired) electrons. The summed E-state index contributed by atoms with van der Waals surface area (Å²) in [5.74, 6) is -0.791. The molecule has 0 spiro atoms. The molecule has 0 aliphatic rings. The Bertz CT molecular complexity index is 1230. The maximum absolute atomic E-state index is 13.7. The van der Waals surface area contributed by atoms with Crippen LogP contribution in [0.4, 0.5) is 10.1 Å². The number of hydrogen-bond donors (Lipinski definition) is 2. The lowest BCUT2D eigenvalue weighted by molar-refractivity contribution is 0.103. The molecule has 4 aromatic rings. The third-order valence-electron chi connectivity index (χ3n) is 4.03. The van der Waals surface area contributed by atoms with Crippen molar-refractivity contribution in [2.75, 3.05) is 5.73 Å². The topological polar surface area (TPSA) is 93.9 Å². The predicted octanol–water partition coefficient (Wildman–Crippen LogP) is 5.01. The van der Waals surface area contributed by atoms with E-state index in [4.69, 9.17) is 33.7 Å². The van der Waals surface area contributed by atoms with Gasteiger partial charge in [-0.15, -0.1) is 0 Å². The zero-order valence-electron chi connectivity index (χ0n) is 14.0. The molecule has 0 amide bonds. The van der Waals surface area contributed by atoms with Gasteiger partial charge in [-0.25, -0.2) is 14.4 Å². The second-order valence-electron chi connectivity index (χ2n) is 5.81. The maximum Gasteiger partial charge on any atom is 0.215 e. The smallest absolute Gasteiger partial charge is 0.215 e. The number of para-hydroxylation sites is 1. The molecule has 3 heterocycles. The van der Waals surface area contributed by atoms with Crippen molar-refractivity contribution < 1.29 is 13.9 Å². The molecule has 3 N–H and O–H groups in total. The van der Waals surface area contributed by atoms with Crippen molar-refractivity contribution in [3.63, 3.8) is 0 Å². The van der Waals surface area contributed by atoms with Crippen molar-refractivity contribution in [2.24, 2.45) is 0 Å². The number of aromatic nitrogens is 3. The van der Waals surface area contributed by atoms with Gasteiger partial charge >= 0.3 is 0 Å². The molecule has 6 nitrogen and oxygen atoms in total. The van der Waals surface area contributed by atoms with Crippen molar-refractivity contribution in [2.45, 2.75) is 0 Å². The molecule has 1 aromatic carbocycles. The van der Waals surface area contributed by atoms with Crippen LogP contribution in [0.25, 0.3) is 11.0 Å². The summed E-state index contributed by atoms with van der Waals surface area (Å²) in [5, 5.41) is 0.664. The number of rotatable bonds is 4. The number of fused-ring (bicyclic) bond motifs is 1. The lowest BCUT2D eigenvalue weighted by Gasteiger charge is -2.08. The van der Waals surface area contributed by atoms with E-state index < -0.39 is 11.6 Å². The van der Waals surface area contributed by atoms with E-state index in [2.05, 4.69) is 15.0 Å². The molecule has 140 valence electrons. The molecule has 4 rings (SSSR count). The van der Waals surface area contributed by atoms with E-state index in [1.165, 1.54) is 36.8 Å². The van der Waals surface area contributed by atoms with Crippen molar-refractivity contribution in [3.05, 3.63) is 76.0 Å². The van der Waals surface area contributed by atoms with Gasteiger partial charge in [-0.1, -0.05) is 35.3 Å². The van der Waals surface area contributed by atoms with E-state index in [9.17, 15) is 9.18 Å². The van der Waals surface area contributed by atoms with Crippen molar-refractivity contribution in [1.29, 1.82) is 0 Å². The van der Waals surface area contributed by atoms with Crippen molar-refractivity contribution in [1.82, 2.24) is 15.0 Å². The highest BCUT2D eigenvalue weighted by molar-refractivity contribution is 6.37. The van der Waals surface area contributed by atoms with Crippen LogP contribution >= 0.6 is 23.2 Å². The monoisotopic (exact) mass is 416 g/mol. The van der Waals surface area contributed by atoms with Gasteiger partial charge in [-0.3, -0.25) is 4.79 Å². The number of aromatic amines is 1. The normalized spacial score (nSPS) is 11.0. The zero-order chi connectivity index (χ0) is 19.8. The Kier molecular flexibility index (Phi) is 4.62. The largest absolute Gasteiger partial charge is 0.453 e. The van der Waals surface area contributed by atoms with Gasteiger partial charge in [0.2, 0.25) is 5.78 Å². The number of nitrogens with zero attached hydrogens (tertiary/aromatic N) is 2. The van der Waals surface area contributed by atoms with Crippen molar-refractivity contribution >= 4 is 45.7 Å². The molecule has 0 fully saturated rings. The average Bonchev–Trinajstić information content (AvgIpc) is 3.11. The first kappa shape index (κ1) is 18.2. The van der Waals surface area contributed by atoms with Crippen LogP contribution in [0.1, 0.15) is 16.1 Å². The quantitative estimate of drug-likeness (QED) is 0.456. The molecule has 3 aromatic heterocycles. The lowest BCUT2D eigenvalue weighted by Crippen LogP contribution is -2.06. The zero-order valence-corrected chi connectivity index (χ0v) is 15.6. The number of ketones is 1. The molecule has 0 saturated carbocycles. The summed E-state index contributed by atoms with van der Waals surface area (Å²) < 4.78 is 19.2. The van der Waals surface area contributed by atoms with Gasteiger partial charge in [0.1, 0.15) is 17.1 Å². The summed E-state index contributed by atoms with van der Waals surface area (Å²) in [5.41, 5.74) is 6.86. The maximum atomic E-state index is 13.7. The van der Waals surface area contributed by atoms with Crippen molar-refractivity contribution in [3.8, 4) is 11.5 Å². The molecule has 0 bridgehead atoms. The Morgan fingerprint density at radius 3 is 2.68 bits per heavy atom. The Labute approximate surface area is 168 Å². The Morgan fingerprint density at radius 2 is 1.93 bits per heavy atom. The predicted molar refractivity (Wildman–Crippen MR) is 105 cm³/mol. The minimum atomic E-state index is -0.530. The van der Waals surface area contributed by atoms with Gasteiger partial charge in [0, 0.05) is 12.3 Å². The summed E-state index contributed by atoms with van der Waals surface area (Å²) in [6, 6.07) is 7.30. The highest BCUT2D eigenvalue weighted by atomic mass is 35.5. The number of hydrogen-bond acceptors (Lipinski definition) is 5. The summed E-state index contributed by atoms with van der Waals surface area (Å²) in [4.78, 5) is 24.0. The SMILES string of the molecule is Nc1c(Cl)cnc2[nH]cc(C(=O)c3ncc(Oc4ccccc4F)cc3Cl)c12. The van der Waals surface area contributed by atoms with E-state index >= 15 is 0 Å². The third kappa shape index (κ3) is 3.15. The first-order chi connectivity index (χ1) is 13.5. The molecular weight excluding hydrogens is 406 g/mol. The van der Waals surface area contributed by atoms with E-state index in [1.807, 2.05) is 0 Å². The lowest BCUT2D eigenvalue weighted by atomic mass is 10.1. The van der Waals surface area contributed by atoms with E-state index in [-0.39, 0.29) is 38.5 Å². The minimum absolute atomic E-state index is 0.0113. The summed E-state index contributed by atoms with van der Waals surface area (Å²) in [6.07, 6.45) is 4.15. The number of benzene rings is 1. The number of halogens is 3. The first-order valence-corrected chi connectivity index (χ1v) is 8.75. The molecule has 0 aliphatic carbocycles. The summed E-state index contributed by atoms with van der Waals surface area (Å²) >= 11 is 12.2. The van der Waals surface area contributed by atoms with Gasteiger partial charge in [0.25, 0.3) is 0 Å². The average molecular weight is 417 g/mol. The van der Waals surface area contributed by atoms with Gasteiger partial charge in [0.15, 0.2) is 11.6 Å². The number of nitrogens with two attached hydrogens (primary N) is 1. The molecule has 0 saturated heterocycles. The Morgan fingerprint density at radius 1 is 1.14 bits per heavy atom. The van der Waals surface area contributed by atoms with E-state index in [0.29, 0.717) is 11.0 Å². The highest BCUT2D eigenvalue weighted by Gasteiger charge is 2.22. The third-order valence-corrected chi connectivity index (χ3v) is 4.62. The van der Waals surface area contributed by atoms with Crippen LogP contribution in [0.15, 0.2) is 48.9 Å². The van der Waals surface area contributed by atoms with E-state index in [0.717, 1.165) is 0 Å². The Balaban J connectivity index is 1.70. The molecule has 0 aliphatic heterocycles. The second kappa shape index (κ2) is 7.10. The van der Waals surface area contributed by atoms with E-state index in [1.54, 1.807) is 12.1 Å². The fourth-order valence-corrected chi connectivity index (χ4v) is 3.09. The summed E-state index contributed by atoms with van der Waals surface area (Å²) in [7, 11) is 0. The number of anilines is 1. The number of nitrogens with one attached hydrogen (secondary N) is 1. The van der Waals surface area contributed by atoms with Crippen LogP contribution in [0, 0.1) is 5.82 Å². The fourth-order valence-electron chi connectivity index (χ4n) is 2.70. The second-order valence-corrected chi connectivity index (χ2v) is 6.62. The van der Waals surface area contributed by atoms with Crippen LogP contribution < -0.4 is 10.5 Å². The number of ether oxygens (including phenoxy) is 1. The number of pyridine rings is 2. The molecule has 0 unspecified atom stereocenters. The molecule has 0 atom stereocenters. The minimum Gasteiger partial charge on any atom is -0.453 e. The van der Waals surface area contributed by atoms with Gasteiger partial charge in [0.05, 0.1) is 39.1 Å². The van der Waals surface area contributed by atoms with Crippen LogP contribution in [-0.4, -0.2) is 20.7 Å². The van der Waals surface area contributed by atoms with Gasteiger partial charge < -0.3 is 15.5 Å². The van der Waals surface area contributed by atoms with Crippen LogP contribution in [-0.2, 0) is 0 Å². The molecule has 9 heteroatoms. The first-order valence-electron chi connectivity index (χ1n) is 7.99. The molecular formula is C19H11Cl2FN4O2. The number of nitrogen functional groups attached to an aromatic ring is 1. The standard InChI is InChI=1S/C19H11Cl2FN4O2/c20-11-5-9(28-14-4-2-1-3-13(14)22)6-24-17(11)18(27)10-7-25-19-15(10)16(23)12(21)8-26-19/h1-8H,(H3,23,25,26). The number of carbonyl (C=O) groups excluding carboxylic acids is 1. The van der Waals surface area contributed by atoms with Gasteiger partial charge in [-0.2, -0.15) is 0 Å². The Hall–Kier alpha value is -3.16.